The summed E-state index contributed by atoms with van der Waals surface area (Å²) in [7, 11) is 0. The van der Waals surface area contributed by atoms with E-state index < -0.39 is 0 Å². The molecule has 2 heterocycles. The first-order valence-electron chi connectivity index (χ1n) is 7.54. The molecular formula is C15H21N5O3. The zero-order valence-electron chi connectivity index (χ0n) is 13.2. The van der Waals surface area contributed by atoms with Crippen molar-refractivity contribution >= 4 is 17.9 Å². The van der Waals surface area contributed by atoms with Gasteiger partial charge < -0.3 is 19.9 Å². The van der Waals surface area contributed by atoms with Crippen LogP contribution < -0.4 is 5.32 Å². The van der Waals surface area contributed by atoms with Crippen LogP contribution in [0.25, 0.3) is 0 Å². The molecule has 0 saturated carbocycles. The third kappa shape index (κ3) is 4.41. The molecule has 1 saturated heterocycles. The van der Waals surface area contributed by atoms with E-state index in [1.54, 1.807) is 35.1 Å². The Labute approximate surface area is 135 Å². The smallest absolute Gasteiger partial charge is 0.409 e. The number of anilines is 1. The van der Waals surface area contributed by atoms with E-state index in [0.29, 0.717) is 51.0 Å². The number of nitrogens with zero attached hydrogens (tertiary/aromatic N) is 4. The number of hydrogen-bond donors (Lipinski definition) is 1. The van der Waals surface area contributed by atoms with E-state index >= 15 is 0 Å². The molecule has 0 aliphatic carbocycles. The number of carbonyl (C=O) groups is 2. The highest BCUT2D eigenvalue weighted by Crippen LogP contribution is 2.09. The van der Waals surface area contributed by atoms with Crippen LogP contribution in [0.2, 0.25) is 0 Å². The molecule has 1 N–H and O–H groups in total. The normalized spacial score (nSPS) is 14.3. The molecule has 8 heteroatoms. The van der Waals surface area contributed by atoms with Gasteiger partial charge in [-0.3, -0.25) is 4.79 Å². The van der Waals surface area contributed by atoms with Gasteiger partial charge in [-0.15, -0.1) is 6.58 Å². The van der Waals surface area contributed by atoms with E-state index in [1.807, 2.05) is 0 Å². The average Bonchev–Trinajstić information content (AvgIpc) is 2.60. The lowest BCUT2D eigenvalue weighted by Gasteiger charge is -2.33. The van der Waals surface area contributed by atoms with Gasteiger partial charge in [0.15, 0.2) is 0 Å². The summed E-state index contributed by atoms with van der Waals surface area (Å²) < 4.78 is 4.96. The Hall–Kier alpha value is -2.64. The van der Waals surface area contributed by atoms with Crippen LogP contribution in [-0.2, 0) is 4.74 Å². The number of nitrogens with one attached hydrogen (secondary N) is 1. The van der Waals surface area contributed by atoms with Crippen LogP contribution in [-0.4, -0.2) is 71.1 Å². The summed E-state index contributed by atoms with van der Waals surface area (Å²) >= 11 is 0. The van der Waals surface area contributed by atoms with Gasteiger partial charge in [-0.2, -0.15) is 0 Å². The molecule has 2 rings (SSSR count). The molecule has 0 unspecified atom stereocenters. The van der Waals surface area contributed by atoms with Gasteiger partial charge in [-0.05, 0) is 13.0 Å². The van der Waals surface area contributed by atoms with Crippen molar-refractivity contribution in [2.24, 2.45) is 0 Å². The topological polar surface area (TPSA) is 87.7 Å². The third-order valence-electron chi connectivity index (χ3n) is 3.37. The molecular weight excluding hydrogens is 298 g/mol. The maximum atomic E-state index is 12.5. The minimum Gasteiger partial charge on any atom is -0.450 e. The van der Waals surface area contributed by atoms with Crippen molar-refractivity contribution in [1.82, 2.24) is 19.8 Å². The Morgan fingerprint density at radius 2 is 2.04 bits per heavy atom. The second-order valence-electron chi connectivity index (χ2n) is 4.91. The standard InChI is InChI=1S/C15H21N5O3/c1-3-6-16-14-17-7-5-12(18-14)13(21)19-8-10-20(11-9-19)15(22)23-4-2/h3,5,7H,1,4,6,8-11H2,2H3,(H,16,17,18). The first-order valence-corrected chi connectivity index (χ1v) is 7.54. The number of amides is 2. The van der Waals surface area contributed by atoms with Gasteiger partial charge in [0.05, 0.1) is 6.61 Å². The van der Waals surface area contributed by atoms with Crippen LogP contribution in [0.3, 0.4) is 0 Å². The molecule has 1 aromatic rings. The van der Waals surface area contributed by atoms with Gasteiger partial charge in [0.1, 0.15) is 5.69 Å². The van der Waals surface area contributed by atoms with Crippen molar-refractivity contribution < 1.29 is 14.3 Å². The van der Waals surface area contributed by atoms with Crippen LogP contribution in [0.15, 0.2) is 24.9 Å². The fourth-order valence-corrected chi connectivity index (χ4v) is 2.20. The second kappa shape index (κ2) is 8.11. The van der Waals surface area contributed by atoms with Gasteiger partial charge in [-0.25, -0.2) is 14.8 Å². The minimum absolute atomic E-state index is 0.169. The van der Waals surface area contributed by atoms with Gasteiger partial charge in [0.2, 0.25) is 5.95 Å². The molecule has 0 spiro atoms. The number of piperazine rings is 1. The van der Waals surface area contributed by atoms with E-state index in [0.717, 1.165) is 0 Å². The van der Waals surface area contributed by atoms with Gasteiger partial charge >= 0.3 is 6.09 Å². The van der Waals surface area contributed by atoms with Crippen molar-refractivity contribution in [2.75, 3.05) is 44.6 Å². The summed E-state index contributed by atoms with van der Waals surface area (Å²) in [6.07, 6.45) is 2.89. The van der Waals surface area contributed by atoms with Crippen LogP contribution in [0.4, 0.5) is 10.7 Å². The zero-order chi connectivity index (χ0) is 16.7. The molecule has 2 amide bonds. The van der Waals surface area contributed by atoms with Crippen molar-refractivity contribution in [3.63, 3.8) is 0 Å². The number of rotatable bonds is 5. The highest BCUT2D eigenvalue weighted by Gasteiger charge is 2.26. The fourth-order valence-electron chi connectivity index (χ4n) is 2.20. The maximum absolute atomic E-state index is 12.5. The number of aromatic nitrogens is 2. The van der Waals surface area contributed by atoms with Crippen molar-refractivity contribution in [3.05, 3.63) is 30.6 Å². The monoisotopic (exact) mass is 319 g/mol. The Morgan fingerprint density at radius 3 is 2.70 bits per heavy atom. The van der Waals surface area contributed by atoms with Gasteiger partial charge in [-0.1, -0.05) is 6.08 Å². The average molecular weight is 319 g/mol. The van der Waals surface area contributed by atoms with Crippen molar-refractivity contribution in [1.29, 1.82) is 0 Å². The molecule has 0 radical (unpaired) electrons. The Morgan fingerprint density at radius 1 is 1.35 bits per heavy atom. The molecule has 0 aromatic carbocycles. The summed E-state index contributed by atoms with van der Waals surface area (Å²) in [4.78, 5) is 35.7. The van der Waals surface area contributed by atoms with Crippen LogP contribution >= 0.6 is 0 Å². The Kier molecular flexibility index (Phi) is 5.90. The molecule has 8 nitrogen and oxygen atoms in total. The van der Waals surface area contributed by atoms with E-state index in [-0.39, 0.29) is 12.0 Å². The molecule has 1 aromatic heterocycles. The molecule has 1 aliphatic rings. The molecule has 1 fully saturated rings. The van der Waals surface area contributed by atoms with E-state index in [2.05, 4.69) is 21.9 Å². The lowest BCUT2D eigenvalue weighted by atomic mass is 10.3. The maximum Gasteiger partial charge on any atom is 0.409 e. The first-order chi connectivity index (χ1) is 11.2. The summed E-state index contributed by atoms with van der Waals surface area (Å²) in [5.41, 5.74) is 0.330. The fraction of sp³-hybridized carbons (Fsp3) is 0.467. The number of hydrogen-bond acceptors (Lipinski definition) is 6. The van der Waals surface area contributed by atoms with E-state index in [9.17, 15) is 9.59 Å². The Bertz CT molecular complexity index is 570. The quantitative estimate of drug-likeness (QED) is 0.814. The predicted octanol–water partition coefficient (Wildman–Crippen LogP) is 0.989. The summed E-state index contributed by atoms with van der Waals surface area (Å²) in [5.74, 6) is 0.221. The zero-order valence-corrected chi connectivity index (χ0v) is 13.2. The second-order valence-corrected chi connectivity index (χ2v) is 4.91. The van der Waals surface area contributed by atoms with E-state index in [4.69, 9.17) is 4.74 Å². The lowest BCUT2D eigenvalue weighted by Crippen LogP contribution is -2.50. The first kappa shape index (κ1) is 16.7. The van der Waals surface area contributed by atoms with Gasteiger partial charge in [0.25, 0.3) is 5.91 Å². The molecule has 1 aliphatic heterocycles. The number of ether oxygens (including phenoxy) is 1. The van der Waals surface area contributed by atoms with Crippen molar-refractivity contribution in [2.45, 2.75) is 6.92 Å². The Balaban J connectivity index is 1.94. The van der Waals surface area contributed by atoms with Crippen LogP contribution in [0, 0.1) is 0 Å². The third-order valence-corrected chi connectivity index (χ3v) is 3.37. The van der Waals surface area contributed by atoms with Crippen molar-refractivity contribution in [3.8, 4) is 0 Å². The summed E-state index contributed by atoms with van der Waals surface area (Å²) in [5, 5.41) is 2.95. The molecule has 0 bridgehead atoms. The summed E-state index contributed by atoms with van der Waals surface area (Å²) in [6, 6.07) is 1.58. The highest BCUT2D eigenvalue weighted by molar-refractivity contribution is 5.92. The lowest BCUT2D eigenvalue weighted by molar-refractivity contribution is 0.0566. The minimum atomic E-state index is -0.336. The summed E-state index contributed by atoms with van der Waals surface area (Å²) in [6.45, 7) is 8.07. The number of carbonyl (C=O) groups excluding carboxylic acids is 2. The largest absolute Gasteiger partial charge is 0.450 e. The molecule has 124 valence electrons. The van der Waals surface area contributed by atoms with Crippen LogP contribution in [0.5, 0.6) is 0 Å². The van der Waals surface area contributed by atoms with Crippen LogP contribution in [0.1, 0.15) is 17.4 Å². The highest BCUT2D eigenvalue weighted by atomic mass is 16.6. The SMILES string of the molecule is C=CCNc1nccc(C(=O)N2CCN(C(=O)OCC)CC2)n1. The molecule has 23 heavy (non-hydrogen) atoms. The predicted molar refractivity (Wildman–Crippen MR) is 85.2 cm³/mol. The molecule has 0 atom stereocenters. The van der Waals surface area contributed by atoms with Gasteiger partial charge in [0, 0.05) is 38.9 Å². The van der Waals surface area contributed by atoms with E-state index in [1.165, 1.54) is 0 Å².